The Balaban J connectivity index is 0.000000167. The van der Waals surface area contributed by atoms with Crippen LogP contribution >= 0.6 is 0 Å². The highest BCUT2D eigenvalue weighted by atomic mass is 16.5. The molecule has 0 radical (unpaired) electrons. The van der Waals surface area contributed by atoms with E-state index in [2.05, 4.69) is 19.9 Å². The molecule has 0 spiro atoms. The van der Waals surface area contributed by atoms with Gasteiger partial charge in [-0.25, -0.2) is 9.97 Å². The Morgan fingerprint density at radius 2 is 0.667 bits per heavy atom. The van der Waals surface area contributed by atoms with E-state index >= 15 is 0 Å². The molecule has 0 saturated carbocycles. The van der Waals surface area contributed by atoms with Crippen molar-refractivity contribution in [1.29, 1.82) is 0 Å². The molecule has 10 heteroatoms. The first-order chi connectivity index (χ1) is 26.4. The fraction of sp³-hybridized carbons (Fsp3) is 0.0455. The summed E-state index contributed by atoms with van der Waals surface area (Å²) in [5.41, 5.74) is 9.42. The summed E-state index contributed by atoms with van der Waals surface area (Å²) in [6.07, 6.45) is 6.95. The largest absolute Gasteiger partial charge is 0.508 e. The van der Waals surface area contributed by atoms with E-state index in [0.29, 0.717) is 17.0 Å². The topological polar surface area (TPSA) is 136 Å². The van der Waals surface area contributed by atoms with E-state index in [1.54, 1.807) is 51.1 Å². The molecule has 8 rings (SSSR count). The third-order valence-corrected chi connectivity index (χ3v) is 8.28. The van der Waals surface area contributed by atoms with E-state index in [-0.39, 0.29) is 11.5 Å². The number of methoxy groups -OCH3 is 2. The number of pyridine rings is 6. The quantitative estimate of drug-likeness (QED) is 0.157. The molecule has 0 aliphatic rings. The predicted molar refractivity (Wildman–Crippen MR) is 209 cm³/mol. The summed E-state index contributed by atoms with van der Waals surface area (Å²) in [6.45, 7) is 0. The van der Waals surface area contributed by atoms with Gasteiger partial charge in [-0.05, 0) is 119 Å². The molecule has 6 aromatic heterocycles. The third kappa shape index (κ3) is 8.35. The third-order valence-electron chi connectivity index (χ3n) is 8.28. The lowest BCUT2D eigenvalue weighted by Gasteiger charge is -2.12. The molecular formula is C44H34N6O4. The number of hydrogen-bond acceptors (Lipinski definition) is 10. The first kappa shape index (κ1) is 35.0. The zero-order valence-electron chi connectivity index (χ0n) is 29.4. The minimum absolute atomic E-state index is 0.00409. The minimum Gasteiger partial charge on any atom is -0.508 e. The lowest BCUT2D eigenvalue weighted by Crippen LogP contribution is -1.94. The fourth-order valence-corrected chi connectivity index (χ4v) is 5.71. The highest BCUT2D eigenvalue weighted by Crippen LogP contribution is 2.35. The van der Waals surface area contributed by atoms with Crippen molar-refractivity contribution in [2.45, 2.75) is 0 Å². The van der Waals surface area contributed by atoms with Crippen LogP contribution in [0.3, 0.4) is 0 Å². The Bertz CT molecular complexity index is 2330. The molecule has 0 bridgehead atoms. The Kier molecular flexibility index (Phi) is 10.5. The zero-order chi connectivity index (χ0) is 37.3. The number of ether oxygens (including phenoxy) is 2. The predicted octanol–water partition coefficient (Wildman–Crippen LogP) is 9.17. The molecule has 0 amide bonds. The second-order valence-electron chi connectivity index (χ2n) is 12.0. The number of nitrogens with zero attached hydrogens (tertiary/aromatic N) is 6. The summed E-state index contributed by atoms with van der Waals surface area (Å²) >= 11 is 0. The van der Waals surface area contributed by atoms with Gasteiger partial charge in [-0.1, -0.05) is 24.3 Å². The summed E-state index contributed by atoms with van der Waals surface area (Å²) in [4.78, 5) is 27.1. The number of hydrogen-bond donors (Lipinski definition) is 2. The van der Waals surface area contributed by atoms with Crippen molar-refractivity contribution >= 4 is 0 Å². The number of aromatic hydroxyl groups is 2. The van der Waals surface area contributed by atoms with Crippen LogP contribution in [0, 0.1) is 0 Å². The average Bonchev–Trinajstić information content (AvgIpc) is 3.24. The smallest absolute Gasteiger partial charge is 0.123 e. The van der Waals surface area contributed by atoms with Gasteiger partial charge in [-0.15, -0.1) is 0 Å². The van der Waals surface area contributed by atoms with Crippen LogP contribution < -0.4 is 9.47 Å². The van der Waals surface area contributed by atoms with Crippen molar-refractivity contribution < 1.29 is 19.7 Å². The van der Waals surface area contributed by atoms with Crippen molar-refractivity contribution in [2.24, 2.45) is 0 Å². The molecule has 54 heavy (non-hydrogen) atoms. The molecule has 8 aromatic rings. The van der Waals surface area contributed by atoms with Gasteiger partial charge in [0.2, 0.25) is 0 Å². The van der Waals surface area contributed by atoms with Gasteiger partial charge in [0.15, 0.2) is 0 Å². The monoisotopic (exact) mass is 710 g/mol. The Morgan fingerprint density at radius 3 is 0.963 bits per heavy atom. The molecule has 0 saturated heterocycles. The maximum Gasteiger partial charge on any atom is 0.123 e. The van der Waals surface area contributed by atoms with Gasteiger partial charge < -0.3 is 19.7 Å². The maximum absolute atomic E-state index is 9.83. The van der Waals surface area contributed by atoms with Crippen LogP contribution in [-0.2, 0) is 0 Å². The summed E-state index contributed by atoms with van der Waals surface area (Å²) in [7, 11) is 3.29. The summed E-state index contributed by atoms with van der Waals surface area (Å²) in [5, 5.41) is 19.7. The second-order valence-corrected chi connectivity index (χ2v) is 12.0. The molecule has 0 aliphatic heterocycles. The molecule has 0 unspecified atom stereocenters. The van der Waals surface area contributed by atoms with Crippen molar-refractivity contribution in [3.8, 4) is 90.8 Å². The van der Waals surface area contributed by atoms with Crippen molar-refractivity contribution in [3.63, 3.8) is 0 Å². The molecule has 0 fully saturated rings. The van der Waals surface area contributed by atoms with Crippen LogP contribution in [0.15, 0.2) is 158 Å². The molecule has 2 N–H and O–H groups in total. The van der Waals surface area contributed by atoms with Crippen LogP contribution in [0.5, 0.6) is 23.0 Å². The summed E-state index contributed by atoms with van der Waals surface area (Å²) < 4.78 is 10.9. The molecule has 264 valence electrons. The Labute approximate surface area is 312 Å². The van der Waals surface area contributed by atoms with Crippen LogP contribution in [0.4, 0.5) is 0 Å². The average molecular weight is 711 g/mol. The number of aromatic nitrogens is 6. The molecule has 2 aromatic carbocycles. The van der Waals surface area contributed by atoms with Crippen molar-refractivity contribution in [2.75, 3.05) is 14.2 Å². The van der Waals surface area contributed by atoms with Gasteiger partial charge in [-0.3, -0.25) is 19.9 Å². The molecule has 0 atom stereocenters. The second kappa shape index (κ2) is 16.3. The number of phenolic OH excluding ortho intramolecular Hbond substituents is 2. The van der Waals surface area contributed by atoms with Gasteiger partial charge in [0.1, 0.15) is 23.0 Å². The lowest BCUT2D eigenvalue weighted by atomic mass is 10.0. The van der Waals surface area contributed by atoms with Gasteiger partial charge >= 0.3 is 0 Å². The zero-order valence-corrected chi connectivity index (χ0v) is 29.4. The first-order valence-electron chi connectivity index (χ1n) is 16.9. The van der Waals surface area contributed by atoms with Crippen LogP contribution in [0.2, 0.25) is 0 Å². The summed E-state index contributed by atoms with van der Waals surface area (Å²) in [6, 6.07) is 40.9. The molecular weight excluding hydrogens is 677 g/mol. The van der Waals surface area contributed by atoms with Gasteiger partial charge in [0.05, 0.1) is 59.8 Å². The molecule has 10 nitrogen and oxygen atoms in total. The first-order valence-corrected chi connectivity index (χ1v) is 16.9. The van der Waals surface area contributed by atoms with Crippen molar-refractivity contribution in [1.82, 2.24) is 29.9 Å². The van der Waals surface area contributed by atoms with Crippen LogP contribution in [0.1, 0.15) is 0 Å². The highest BCUT2D eigenvalue weighted by Gasteiger charge is 2.13. The van der Waals surface area contributed by atoms with E-state index in [9.17, 15) is 10.2 Å². The van der Waals surface area contributed by atoms with E-state index < -0.39 is 0 Å². The minimum atomic E-state index is -0.00409. The SMILES string of the molecule is COc1cc(OC)cc(-c2cc(-c3ccccn3)nc(-c3ccccn3)c2)c1.Oc1cc(O)cc(-c2cc(-c3ccccn3)nc(-c3ccccn3)c2)c1. The Hall–Kier alpha value is -7.46. The molecule has 0 aliphatic carbocycles. The maximum atomic E-state index is 9.83. The normalized spacial score (nSPS) is 10.6. The number of rotatable bonds is 8. The van der Waals surface area contributed by atoms with Gasteiger partial charge in [0, 0.05) is 36.9 Å². The van der Waals surface area contributed by atoms with E-state index in [1.807, 2.05) is 115 Å². The van der Waals surface area contributed by atoms with E-state index in [1.165, 1.54) is 6.07 Å². The van der Waals surface area contributed by atoms with Crippen LogP contribution in [0.25, 0.3) is 67.8 Å². The number of benzene rings is 2. The molecule has 6 heterocycles. The van der Waals surface area contributed by atoms with Crippen molar-refractivity contribution in [3.05, 3.63) is 158 Å². The van der Waals surface area contributed by atoms with Gasteiger partial charge in [-0.2, -0.15) is 0 Å². The van der Waals surface area contributed by atoms with E-state index in [0.717, 1.165) is 62.4 Å². The summed E-state index contributed by atoms with van der Waals surface area (Å²) in [5.74, 6) is 1.45. The van der Waals surface area contributed by atoms with E-state index in [4.69, 9.17) is 19.4 Å². The lowest BCUT2D eigenvalue weighted by molar-refractivity contribution is 0.394. The number of phenols is 2. The highest BCUT2D eigenvalue weighted by molar-refractivity contribution is 5.77. The van der Waals surface area contributed by atoms with Crippen LogP contribution in [-0.4, -0.2) is 54.3 Å². The fourth-order valence-electron chi connectivity index (χ4n) is 5.71. The standard InChI is InChI=1S/C23H19N3O2.C21H15N3O2/c1-27-18-11-16(12-19(15-18)28-2)17-13-22(20-7-3-5-9-24-20)26-23(14-17)21-8-4-6-10-25-21;25-16-9-14(10-17(26)13-16)15-11-20(18-5-1-3-7-22-18)24-21(12-15)19-6-2-4-8-23-19/h3-15H,1-2H3;1-13,25-26H. The Morgan fingerprint density at radius 1 is 0.352 bits per heavy atom. The van der Waals surface area contributed by atoms with Gasteiger partial charge in [0.25, 0.3) is 0 Å².